The molecule has 0 aromatic heterocycles. The van der Waals surface area contributed by atoms with Crippen LogP contribution in [0.1, 0.15) is 37.3 Å². The van der Waals surface area contributed by atoms with Gasteiger partial charge in [-0.1, -0.05) is 36.8 Å². The van der Waals surface area contributed by atoms with Gasteiger partial charge in [0.25, 0.3) is 0 Å². The summed E-state index contributed by atoms with van der Waals surface area (Å²) in [6.07, 6.45) is 4.13. The van der Waals surface area contributed by atoms with E-state index in [1.807, 2.05) is 0 Å². The molecule has 1 heteroatoms. The summed E-state index contributed by atoms with van der Waals surface area (Å²) in [5.41, 5.74) is 3.36. The van der Waals surface area contributed by atoms with Crippen molar-refractivity contribution >= 4 is 0 Å². The first-order valence-electron chi connectivity index (χ1n) is 6.51. The molecule has 2 atom stereocenters. The molecular formula is C15H21N. The van der Waals surface area contributed by atoms with Crippen LogP contribution in [0.2, 0.25) is 0 Å². The first-order chi connectivity index (χ1) is 7.71. The topological polar surface area (TPSA) is 12.0 Å². The lowest BCUT2D eigenvalue weighted by Crippen LogP contribution is -2.29. The van der Waals surface area contributed by atoms with Crippen molar-refractivity contribution in [3.8, 4) is 0 Å². The highest BCUT2D eigenvalue weighted by molar-refractivity contribution is 5.35. The maximum atomic E-state index is 3.70. The third-order valence-corrected chi connectivity index (χ3v) is 4.36. The third-order valence-electron chi connectivity index (χ3n) is 4.36. The Bertz CT molecular complexity index is 377. The minimum atomic E-state index is 0.455. The Labute approximate surface area is 98.3 Å². The van der Waals surface area contributed by atoms with Gasteiger partial charge in [-0.2, -0.15) is 0 Å². The van der Waals surface area contributed by atoms with Gasteiger partial charge in [0.2, 0.25) is 0 Å². The lowest BCUT2D eigenvalue weighted by molar-refractivity contribution is 0.540. The van der Waals surface area contributed by atoms with Gasteiger partial charge in [0, 0.05) is 18.0 Å². The largest absolute Gasteiger partial charge is 0.313 e. The van der Waals surface area contributed by atoms with E-state index >= 15 is 0 Å². The van der Waals surface area contributed by atoms with Crippen molar-refractivity contribution in [1.82, 2.24) is 5.32 Å². The van der Waals surface area contributed by atoms with Crippen LogP contribution in [-0.4, -0.2) is 12.6 Å². The summed E-state index contributed by atoms with van der Waals surface area (Å²) in [6, 6.07) is 9.98. The molecule has 0 aliphatic heterocycles. The standard InChI is InChI=1S/C15H21N/c1-11-3-5-13(6-4-11)15(9-12(15)2)10-16-14-7-8-14/h3-6,12,14,16H,7-10H2,1-2H3. The van der Waals surface area contributed by atoms with Crippen molar-refractivity contribution < 1.29 is 0 Å². The van der Waals surface area contributed by atoms with E-state index in [4.69, 9.17) is 0 Å². The predicted octanol–water partition coefficient (Wildman–Crippen LogP) is 3.02. The summed E-state index contributed by atoms with van der Waals surface area (Å²) in [6.45, 7) is 5.73. The molecule has 1 nitrogen and oxygen atoms in total. The predicted molar refractivity (Wildman–Crippen MR) is 67.7 cm³/mol. The van der Waals surface area contributed by atoms with Gasteiger partial charge in [-0.3, -0.25) is 0 Å². The van der Waals surface area contributed by atoms with E-state index in [0.717, 1.165) is 12.0 Å². The van der Waals surface area contributed by atoms with Crippen LogP contribution in [0.4, 0.5) is 0 Å². The second-order valence-electron chi connectivity index (χ2n) is 5.78. The Morgan fingerprint density at radius 1 is 1.25 bits per heavy atom. The normalized spacial score (nSPS) is 32.8. The molecule has 1 aromatic carbocycles. The van der Waals surface area contributed by atoms with Crippen LogP contribution in [0.25, 0.3) is 0 Å². The molecule has 2 saturated carbocycles. The second kappa shape index (κ2) is 3.59. The number of benzene rings is 1. The van der Waals surface area contributed by atoms with Crippen LogP contribution in [0.5, 0.6) is 0 Å². The van der Waals surface area contributed by atoms with Crippen LogP contribution in [0.3, 0.4) is 0 Å². The van der Waals surface area contributed by atoms with Crippen LogP contribution < -0.4 is 5.32 Å². The van der Waals surface area contributed by atoms with E-state index in [1.54, 1.807) is 5.56 Å². The molecule has 0 heterocycles. The van der Waals surface area contributed by atoms with Crippen LogP contribution in [0, 0.1) is 12.8 Å². The highest BCUT2D eigenvalue weighted by Gasteiger charge is 2.52. The van der Waals surface area contributed by atoms with Crippen LogP contribution >= 0.6 is 0 Å². The Kier molecular flexibility index (Phi) is 2.32. The van der Waals surface area contributed by atoms with Gasteiger partial charge in [0.05, 0.1) is 0 Å². The summed E-state index contributed by atoms with van der Waals surface area (Å²) in [5.74, 6) is 0.849. The molecule has 1 aromatic rings. The first kappa shape index (κ1) is 10.3. The van der Waals surface area contributed by atoms with Crippen molar-refractivity contribution in [1.29, 1.82) is 0 Å². The van der Waals surface area contributed by atoms with Gasteiger partial charge in [0.1, 0.15) is 0 Å². The Hall–Kier alpha value is -0.820. The fourth-order valence-electron chi connectivity index (χ4n) is 2.74. The molecule has 0 spiro atoms. The molecule has 0 amide bonds. The average Bonchev–Trinajstić information content (AvgIpc) is 3.15. The maximum absolute atomic E-state index is 3.70. The molecule has 0 radical (unpaired) electrons. The van der Waals surface area contributed by atoms with E-state index < -0.39 is 0 Å². The van der Waals surface area contributed by atoms with Gasteiger partial charge in [-0.05, 0) is 37.7 Å². The highest BCUT2D eigenvalue weighted by Crippen LogP contribution is 2.53. The monoisotopic (exact) mass is 215 g/mol. The minimum Gasteiger partial charge on any atom is -0.313 e. The lowest BCUT2D eigenvalue weighted by atomic mass is 9.92. The Balaban J connectivity index is 1.76. The molecule has 2 aliphatic rings. The first-order valence-corrected chi connectivity index (χ1v) is 6.51. The molecule has 2 fully saturated rings. The summed E-state index contributed by atoms with van der Waals surface area (Å²) in [4.78, 5) is 0. The highest BCUT2D eigenvalue weighted by atomic mass is 15.0. The molecular weight excluding hydrogens is 194 g/mol. The summed E-state index contributed by atoms with van der Waals surface area (Å²) >= 11 is 0. The fraction of sp³-hybridized carbons (Fsp3) is 0.600. The quantitative estimate of drug-likeness (QED) is 0.814. The van der Waals surface area contributed by atoms with Crippen molar-refractivity contribution in [2.24, 2.45) is 5.92 Å². The molecule has 86 valence electrons. The zero-order chi connectivity index (χ0) is 11.2. The molecule has 3 rings (SSSR count). The number of aryl methyl sites for hydroxylation is 1. The van der Waals surface area contributed by atoms with E-state index in [2.05, 4.69) is 43.4 Å². The van der Waals surface area contributed by atoms with Gasteiger partial charge >= 0.3 is 0 Å². The minimum absolute atomic E-state index is 0.455. The molecule has 0 saturated heterocycles. The van der Waals surface area contributed by atoms with Gasteiger partial charge in [-0.25, -0.2) is 0 Å². The van der Waals surface area contributed by atoms with Crippen molar-refractivity contribution in [3.63, 3.8) is 0 Å². The lowest BCUT2D eigenvalue weighted by Gasteiger charge is -2.18. The second-order valence-corrected chi connectivity index (χ2v) is 5.78. The van der Waals surface area contributed by atoms with Crippen LogP contribution in [-0.2, 0) is 5.41 Å². The molecule has 2 unspecified atom stereocenters. The summed E-state index contributed by atoms with van der Waals surface area (Å²) < 4.78 is 0. The zero-order valence-corrected chi connectivity index (χ0v) is 10.3. The molecule has 2 aliphatic carbocycles. The van der Waals surface area contributed by atoms with E-state index in [-0.39, 0.29) is 0 Å². The van der Waals surface area contributed by atoms with Crippen molar-refractivity contribution in [3.05, 3.63) is 35.4 Å². The van der Waals surface area contributed by atoms with Gasteiger partial charge in [0.15, 0.2) is 0 Å². The fourth-order valence-corrected chi connectivity index (χ4v) is 2.74. The van der Waals surface area contributed by atoms with E-state index in [0.29, 0.717) is 5.41 Å². The van der Waals surface area contributed by atoms with Crippen LogP contribution in [0.15, 0.2) is 24.3 Å². The summed E-state index contributed by atoms with van der Waals surface area (Å²) in [5, 5.41) is 3.70. The summed E-state index contributed by atoms with van der Waals surface area (Å²) in [7, 11) is 0. The smallest absolute Gasteiger partial charge is 0.0107 e. The van der Waals surface area contributed by atoms with Crippen molar-refractivity contribution in [2.45, 2.75) is 44.6 Å². The number of hydrogen-bond acceptors (Lipinski definition) is 1. The van der Waals surface area contributed by atoms with Gasteiger partial charge in [-0.15, -0.1) is 0 Å². The maximum Gasteiger partial charge on any atom is 0.0107 e. The van der Waals surface area contributed by atoms with E-state index in [9.17, 15) is 0 Å². The molecule has 1 N–H and O–H groups in total. The number of rotatable bonds is 4. The average molecular weight is 215 g/mol. The number of nitrogens with one attached hydrogen (secondary N) is 1. The molecule has 0 bridgehead atoms. The third kappa shape index (κ3) is 1.78. The van der Waals surface area contributed by atoms with Crippen molar-refractivity contribution in [2.75, 3.05) is 6.54 Å². The van der Waals surface area contributed by atoms with E-state index in [1.165, 1.54) is 31.4 Å². The Morgan fingerprint density at radius 3 is 2.38 bits per heavy atom. The Morgan fingerprint density at radius 2 is 1.88 bits per heavy atom. The molecule has 16 heavy (non-hydrogen) atoms. The zero-order valence-electron chi connectivity index (χ0n) is 10.3. The SMILES string of the molecule is Cc1ccc(C2(CNC3CC3)CC2C)cc1. The number of hydrogen-bond donors (Lipinski definition) is 1. The van der Waals surface area contributed by atoms with Gasteiger partial charge < -0.3 is 5.32 Å².